The number of anilines is 5. The minimum absolute atomic E-state index is 0.0726. The third-order valence-electron chi connectivity index (χ3n) is 6.54. The SMILES string of the molecule is CC1CCN(N(c2ccccc2)S(=O)(=O)c2cccc(Nc3ncc(F)c(Nc4ccc(Cl)c(Cl)c4)n3)c2)CC1. The average Bonchev–Trinajstić information content (AvgIpc) is 2.94. The number of para-hydroxylation sites is 1. The minimum Gasteiger partial charge on any atom is -0.338 e. The van der Waals surface area contributed by atoms with E-state index in [1.54, 1.807) is 48.5 Å². The molecule has 0 saturated carbocycles. The predicted octanol–water partition coefficient (Wildman–Crippen LogP) is 7.25. The lowest BCUT2D eigenvalue weighted by Crippen LogP contribution is -2.50. The van der Waals surface area contributed by atoms with E-state index >= 15 is 0 Å². The molecule has 1 aliphatic heterocycles. The lowest BCUT2D eigenvalue weighted by atomic mass is 10.0. The Morgan fingerprint density at radius 1 is 0.925 bits per heavy atom. The normalized spacial score (nSPS) is 14.6. The van der Waals surface area contributed by atoms with Crippen molar-refractivity contribution >= 4 is 62.1 Å². The molecule has 1 aliphatic rings. The zero-order chi connectivity index (χ0) is 28.3. The van der Waals surface area contributed by atoms with Gasteiger partial charge in [-0.05, 0) is 67.3 Å². The second kappa shape index (κ2) is 12.0. The molecule has 0 unspecified atom stereocenters. The van der Waals surface area contributed by atoms with Crippen LogP contribution in [0.25, 0.3) is 0 Å². The molecule has 0 spiro atoms. The number of sulfonamides is 1. The topological polar surface area (TPSA) is 90.5 Å². The number of nitrogens with one attached hydrogen (secondary N) is 2. The van der Waals surface area contributed by atoms with Crippen molar-refractivity contribution in [3.05, 3.63) is 94.9 Å². The van der Waals surface area contributed by atoms with Gasteiger partial charge in [-0.25, -0.2) is 14.4 Å². The van der Waals surface area contributed by atoms with Gasteiger partial charge in [-0.1, -0.05) is 54.4 Å². The maximum absolute atomic E-state index is 14.5. The van der Waals surface area contributed by atoms with Crippen LogP contribution in [0.5, 0.6) is 0 Å². The van der Waals surface area contributed by atoms with Gasteiger partial charge in [0.15, 0.2) is 11.6 Å². The molecule has 208 valence electrons. The largest absolute Gasteiger partial charge is 0.338 e. The fraction of sp³-hybridized carbons (Fsp3) is 0.214. The molecule has 2 heterocycles. The maximum Gasteiger partial charge on any atom is 0.278 e. The molecule has 0 amide bonds. The number of piperidine rings is 1. The standard InChI is InChI=1S/C28H27Cl2FN6O2S/c1-19-12-14-36(15-13-19)37(22-7-3-2-4-8-22)40(38,39)23-9-5-6-20(16-23)34-28-32-18-26(31)27(35-28)33-21-10-11-24(29)25(30)17-21/h2-11,16-19H,12-15H2,1H3,(H2,32,33,34,35). The van der Waals surface area contributed by atoms with E-state index in [4.69, 9.17) is 23.2 Å². The molecule has 1 aromatic heterocycles. The Labute approximate surface area is 242 Å². The highest BCUT2D eigenvalue weighted by Crippen LogP contribution is 2.31. The summed E-state index contributed by atoms with van der Waals surface area (Å²) in [5, 5.41) is 8.40. The van der Waals surface area contributed by atoms with Gasteiger partial charge in [-0.15, -0.1) is 0 Å². The molecule has 0 bridgehead atoms. The summed E-state index contributed by atoms with van der Waals surface area (Å²) in [7, 11) is -3.97. The Balaban J connectivity index is 1.41. The van der Waals surface area contributed by atoms with Crippen LogP contribution in [0.4, 0.5) is 33.2 Å². The zero-order valence-electron chi connectivity index (χ0n) is 21.6. The van der Waals surface area contributed by atoms with E-state index in [0.29, 0.717) is 46.1 Å². The Kier molecular flexibility index (Phi) is 8.41. The van der Waals surface area contributed by atoms with E-state index in [1.807, 2.05) is 23.2 Å². The molecular weight excluding hydrogens is 574 g/mol. The molecule has 4 aromatic rings. The second-order valence-electron chi connectivity index (χ2n) is 9.52. The van der Waals surface area contributed by atoms with Crippen LogP contribution in [0.15, 0.2) is 83.9 Å². The Hall–Kier alpha value is -3.44. The van der Waals surface area contributed by atoms with Crippen LogP contribution in [-0.2, 0) is 10.0 Å². The van der Waals surface area contributed by atoms with Crippen LogP contribution >= 0.6 is 23.2 Å². The van der Waals surface area contributed by atoms with E-state index < -0.39 is 15.8 Å². The third-order valence-corrected chi connectivity index (χ3v) is 9.02. The molecule has 2 N–H and O–H groups in total. The van der Waals surface area contributed by atoms with E-state index in [0.717, 1.165) is 19.0 Å². The fourth-order valence-electron chi connectivity index (χ4n) is 4.38. The molecule has 0 atom stereocenters. The van der Waals surface area contributed by atoms with Crippen molar-refractivity contribution in [2.75, 3.05) is 28.1 Å². The Bertz CT molecular complexity index is 1600. The van der Waals surface area contributed by atoms with Crippen molar-refractivity contribution < 1.29 is 12.8 Å². The van der Waals surface area contributed by atoms with Gasteiger partial charge in [0, 0.05) is 24.5 Å². The first-order valence-corrected chi connectivity index (χ1v) is 14.9. The number of hydrogen-bond donors (Lipinski definition) is 2. The zero-order valence-corrected chi connectivity index (χ0v) is 23.9. The third kappa shape index (κ3) is 6.31. The summed E-state index contributed by atoms with van der Waals surface area (Å²) in [6.45, 7) is 3.44. The summed E-state index contributed by atoms with van der Waals surface area (Å²) in [6.07, 6.45) is 2.83. The van der Waals surface area contributed by atoms with E-state index in [1.165, 1.54) is 10.5 Å². The van der Waals surface area contributed by atoms with Crippen molar-refractivity contribution in [2.24, 2.45) is 5.92 Å². The summed E-state index contributed by atoms with van der Waals surface area (Å²) in [4.78, 5) is 8.32. The molecular formula is C28H27Cl2FN6O2S. The highest BCUT2D eigenvalue weighted by Gasteiger charge is 2.32. The first-order chi connectivity index (χ1) is 19.2. The molecule has 1 saturated heterocycles. The molecule has 0 aliphatic carbocycles. The smallest absolute Gasteiger partial charge is 0.278 e. The average molecular weight is 602 g/mol. The lowest BCUT2D eigenvalue weighted by molar-refractivity contribution is 0.201. The molecule has 1 fully saturated rings. The monoisotopic (exact) mass is 600 g/mol. The second-order valence-corrected chi connectivity index (χ2v) is 12.1. The first kappa shape index (κ1) is 28.1. The number of hydrogen-bond acceptors (Lipinski definition) is 7. The van der Waals surface area contributed by atoms with E-state index in [9.17, 15) is 12.8 Å². The van der Waals surface area contributed by atoms with Crippen LogP contribution in [-0.4, -0.2) is 36.5 Å². The summed E-state index contributed by atoms with van der Waals surface area (Å²) in [5.74, 6) is -0.157. The van der Waals surface area contributed by atoms with Crippen molar-refractivity contribution in [1.82, 2.24) is 15.0 Å². The minimum atomic E-state index is -3.97. The van der Waals surface area contributed by atoms with Gasteiger partial charge in [0.1, 0.15) is 0 Å². The maximum atomic E-state index is 14.5. The Morgan fingerprint density at radius 3 is 2.38 bits per heavy atom. The van der Waals surface area contributed by atoms with E-state index in [2.05, 4.69) is 27.5 Å². The fourth-order valence-corrected chi connectivity index (χ4v) is 6.27. The number of rotatable bonds is 8. The molecule has 12 heteroatoms. The quantitative estimate of drug-likeness (QED) is 0.220. The number of halogens is 3. The van der Waals surface area contributed by atoms with Gasteiger partial charge in [0.2, 0.25) is 5.95 Å². The highest BCUT2D eigenvalue weighted by atomic mass is 35.5. The van der Waals surface area contributed by atoms with Gasteiger partial charge in [-0.2, -0.15) is 17.8 Å². The molecule has 40 heavy (non-hydrogen) atoms. The van der Waals surface area contributed by atoms with Crippen LogP contribution < -0.4 is 15.0 Å². The van der Waals surface area contributed by atoms with Crippen molar-refractivity contribution in [3.63, 3.8) is 0 Å². The highest BCUT2D eigenvalue weighted by molar-refractivity contribution is 7.92. The summed E-state index contributed by atoms with van der Waals surface area (Å²) in [5.41, 5.74) is 1.47. The van der Waals surface area contributed by atoms with E-state index in [-0.39, 0.29) is 16.7 Å². The van der Waals surface area contributed by atoms with Crippen molar-refractivity contribution in [2.45, 2.75) is 24.7 Å². The van der Waals surface area contributed by atoms with Crippen LogP contribution in [0.2, 0.25) is 10.0 Å². The summed E-state index contributed by atoms with van der Waals surface area (Å²) in [6, 6.07) is 20.2. The van der Waals surface area contributed by atoms with Gasteiger partial charge >= 0.3 is 0 Å². The number of benzene rings is 3. The number of hydrazine groups is 1. The summed E-state index contributed by atoms with van der Waals surface area (Å²) >= 11 is 12.0. The summed E-state index contributed by atoms with van der Waals surface area (Å²) < 4.78 is 43.9. The number of nitrogens with zero attached hydrogens (tertiary/aromatic N) is 4. The molecule has 8 nitrogen and oxygen atoms in total. The molecule has 3 aromatic carbocycles. The van der Waals surface area contributed by atoms with Gasteiger partial charge in [-0.3, -0.25) is 0 Å². The van der Waals surface area contributed by atoms with Crippen molar-refractivity contribution in [1.29, 1.82) is 0 Å². The number of aromatic nitrogens is 2. The van der Waals surface area contributed by atoms with Crippen LogP contribution in [0.3, 0.4) is 0 Å². The van der Waals surface area contributed by atoms with Gasteiger partial charge in [0.05, 0.1) is 26.8 Å². The Morgan fingerprint density at radius 2 is 1.65 bits per heavy atom. The van der Waals surface area contributed by atoms with Gasteiger partial charge < -0.3 is 10.6 Å². The van der Waals surface area contributed by atoms with Gasteiger partial charge in [0.25, 0.3) is 10.0 Å². The van der Waals surface area contributed by atoms with Crippen molar-refractivity contribution in [3.8, 4) is 0 Å². The van der Waals surface area contributed by atoms with Crippen LogP contribution in [0.1, 0.15) is 19.8 Å². The predicted molar refractivity (Wildman–Crippen MR) is 158 cm³/mol. The molecule has 0 radical (unpaired) electrons. The van der Waals surface area contributed by atoms with Crippen LogP contribution in [0, 0.1) is 11.7 Å². The molecule has 5 rings (SSSR count). The first-order valence-electron chi connectivity index (χ1n) is 12.7. The lowest BCUT2D eigenvalue weighted by Gasteiger charge is -2.39.